The molecular weight excluding hydrogens is 358 g/mol. The highest BCUT2D eigenvalue weighted by Gasteiger charge is 2.14. The summed E-state index contributed by atoms with van der Waals surface area (Å²) < 4.78 is 1.36. The van der Waals surface area contributed by atoms with Crippen molar-refractivity contribution in [3.8, 4) is 0 Å². The molecule has 142 valence electrons. The standard InChI is InChI=1S/C21H19N3O4/c1-14-8-9-15(2)19(11-14)22-20(25)18-7-4-10-23(21(18)26)13-16-5-3-6-17(12-16)24(27)28/h3-12H,13H2,1-2H3,(H,22,25). The molecule has 0 saturated carbocycles. The van der Waals surface area contributed by atoms with Gasteiger partial charge in [0.15, 0.2) is 0 Å². The van der Waals surface area contributed by atoms with Gasteiger partial charge < -0.3 is 9.88 Å². The number of hydrogen-bond acceptors (Lipinski definition) is 4. The third kappa shape index (κ3) is 4.15. The molecule has 2 aromatic carbocycles. The quantitative estimate of drug-likeness (QED) is 0.542. The van der Waals surface area contributed by atoms with Crippen molar-refractivity contribution in [2.45, 2.75) is 20.4 Å². The predicted octanol–water partition coefficient (Wildman–Crippen LogP) is 3.67. The van der Waals surface area contributed by atoms with Gasteiger partial charge in [0.1, 0.15) is 5.56 Å². The molecule has 0 aliphatic heterocycles. The lowest BCUT2D eigenvalue weighted by Crippen LogP contribution is -2.29. The van der Waals surface area contributed by atoms with Crippen LogP contribution in [0.1, 0.15) is 27.0 Å². The minimum absolute atomic E-state index is 0.00818. The van der Waals surface area contributed by atoms with Crippen LogP contribution in [-0.2, 0) is 6.54 Å². The van der Waals surface area contributed by atoms with Crippen molar-refractivity contribution in [3.63, 3.8) is 0 Å². The molecule has 1 heterocycles. The van der Waals surface area contributed by atoms with Crippen molar-refractivity contribution >= 4 is 17.3 Å². The number of anilines is 1. The zero-order valence-electron chi connectivity index (χ0n) is 15.5. The number of nitrogens with zero attached hydrogens (tertiary/aromatic N) is 2. The first-order chi connectivity index (χ1) is 13.3. The molecule has 0 unspecified atom stereocenters. The number of carbonyl (C=O) groups is 1. The van der Waals surface area contributed by atoms with Crippen molar-refractivity contribution in [1.82, 2.24) is 4.57 Å². The van der Waals surface area contributed by atoms with E-state index < -0.39 is 16.4 Å². The fraction of sp³-hybridized carbons (Fsp3) is 0.143. The van der Waals surface area contributed by atoms with Gasteiger partial charge in [-0.3, -0.25) is 19.7 Å². The molecule has 7 heteroatoms. The number of aryl methyl sites for hydroxylation is 2. The van der Waals surface area contributed by atoms with E-state index in [1.54, 1.807) is 24.4 Å². The lowest BCUT2D eigenvalue weighted by molar-refractivity contribution is -0.384. The van der Waals surface area contributed by atoms with E-state index in [-0.39, 0.29) is 17.8 Å². The zero-order chi connectivity index (χ0) is 20.3. The van der Waals surface area contributed by atoms with Gasteiger partial charge in [-0.15, -0.1) is 0 Å². The molecule has 1 aromatic heterocycles. The van der Waals surface area contributed by atoms with Gasteiger partial charge in [0, 0.05) is 24.0 Å². The van der Waals surface area contributed by atoms with E-state index in [1.165, 1.54) is 22.8 Å². The summed E-state index contributed by atoms with van der Waals surface area (Å²) in [5, 5.41) is 13.7. The second kappa shape index (κ2) is 7.87. The van der Waals surface area contributed by atoms with E-state index in [0.29, 0.717) is 11.3 Å². The number of nitrogens with one attached hydrogen (secondary N) is 1. The van der Waals surface area contributed by atoms with E-state index in [2.05, 4.69) is 5.32 Å². The Labute approximate surface area is 161 Å². The first-order valence-corrected chi connectivity index (χ1v) is 8.66. The SMILES string of the molecule is Cc1ccc(C)c(NC(=O)c2cccn(Cc3cccc([N+](=O)[O-])c3)c2=O)c1. The molecule has 1 N–H and O–H groups in total. The summed E-state index contributed by atoms with van der Waals surface area (Å²) in [6.45, 7) is 3.93. The number of non-ortho nitro benzene ring substituents is 1. The highest BCUT2D eigenvalue weighted by Crippen LogP contribution is 2.17. The number of rotatable bonds is 5. The van der Waals surface area contributed by atoms with Crippen molar-refractivity contribution in [3.05, 3.63) is 104 Å². The molecule has 0 spiro atoms. The third-order valence-corrected chi connectivity index (χ3v) is 4.38. The van der Waals surface area contributed by atoms with Crippen molar-refractivity contribution < 1.29 is 9.72 Å². The summed E-state index contributed by atoms with van der Waals surface area (Å²) in [6, 6.07) is 14.8. The monoisotopic (exact) mass is 377 g/mol. The maximum Gasteiger partial charge on any atom is 0.269 e. The molecule has 28 heavy (non-hydrogen) atoms. The number of aromatic nitrogens is 1. The van der Waals surface area contributed by atoms with E-state index in [9.17, 15) is 19.7 Å². The van der Waals surface area contributed by atoms with Gasteiger partial charge in [0.2, 0.25) is 0 Å². The Morgan fingerprint density at radius 3 is 2.64 bits per heavy atom. The Morgan fingerprint density at radius 2 is 1.89 bits per heavy atom. The van der Waals surface area contributed by atoms with Crippen LogP contribution in [0.15, 0.2) is 65.6 Å². The Morgan fingerprint density at radius 1 is 1.11 bits per heavy atom. The maximum atomic E-state index is 12.7. The molecular formula is C21H19N3O4. The number of nitro groups is 1. The summed E-state index contributed by atoms with van der Waals surface area (Å²) in [5.41, 5.74) is 2.64. The van der Waals surface area contributed by atoms with Crippen LogP contribution in [0.5, 0.6) is 0 Å². The average Bonchev–Trinajstić information content (AvgIpc) is 2.66. The lowest BCUT2D eigenvalue weighted by atomic mass is 10.1. The highest BCUT2D eigenvalue weighted by atomic mass is 16.6. The van der Waals surface area contributed by atoms with Crippen molar-refractivity contribution in [1.29, 1.82) is 0 Å². The molecule has 3 rings (SSSR count). The van der Waals surface area contributed by atoms with Crippen LogP contribution in [-0.4, -0.2) is 15.4 Å². The van der Waals surface area contributed by atoms with Gasteiger partial charge in [-0.05, 0) is 48.7 Å². The topological polar surface area (TPSA) is 94.2 Å². The number of nitro benzene ring substituents is 1. The number of hydrogen-bond donors (Lipinski definition) is 1. The summed E-state index contributed by atoms with van der Waals surface area (Å²) >= 11 is 0. The summed E-state index contributed by atoms with van der Waals surface area (Å²) in [5.74, 6) is -0.493. The number of pyridine rings is 1. The van der Waals surface area contributed by atoms with E-state index >= 15 is 0 Å². The molecule has 0 atom stereocenters. The third-order valence-electron chi connectivity index (χ3n) is 4.38. The summed E-state index contributed by atoms with van der Waals surface area (Å²) in [6.07, 6.45) is 1.55. The van der Waals surface area contributed by atoms with Gasteiger partial charge >= 0.3 is 0 Å². The van der Waals surface area contributed by atoms with Gasteiger partial charge in [-0.2, -0.15) is 0 Å². The normalized spacial score (nSPS) is 10.5. The van der Waals surface area contributed by atoms with E-state index in [1.807, 2.05) is 32.0 Å². The zero-order valence-corrected chi connectivity index (χ0v) is 15.5. The Bertz CT molecular complexity index is 1120. The first kappa shape index (κ1) is 19.0. The number of carbonyl (C=O) groups excluding carboxylic acids is 1. The van der Waals surface area contributed by atoms with Crippen LogP contribution in [0.3, 0.4) is 0 Å². The fourth-order valence-electron chi connectivity index (χ4n) is 2.86. The molecule has 1 amide bonds. The van der Waals surface area contributed by atoms with E-state index in [0.717, 1.165) is 11.1 Å². The number of amides is 1. The number of benzene rings is 2. The van der Waals surface area contributed by atoms with Crippen molar-refractivity contribution in [2.75, 3.05) is 5.32 Å². The second-order valence-electron chi connectivity index (χ2n) is 6.55. The lowest BCUT2D eigenvalue weighted by Gasteiger charge is -2.11. The summed E-state index contributed by atoms with van der Waals surface area (Å²) in [7, 11) is 0. The Kier molecular flexibility index (Phi) is 5.35. The second-order valence-corrected chi connectivity index (χ2v) is 6.55. The summed E-state index contributed by atoms with van der Waals surface area (Å²) in [4.78, 5) is 35.8. The Balaban J connectivity index is 1.87. The van der Waals surface area contributed by atoms with Crippen molar-refractivity contribution in [2.24, 2.45) is 0 Å². The molecule has 0 aliphatic rings. The van der Waals surface area contributed by atoms with Gasteiger partial charge in [-0.1, -0.05) is 24.3 Å². The Hall–Kier alpha value is -3.74. The molecule has 0 radical (unpaired) electrons. The fourth-order valence-corrected chi connectivity index (χ4v) is 2.86. The van der Waals surface area contributed by atoms with Crippen LogP contribution in [0.25, 0.3) is 0 Å². The molecule has 0 saturated heterocycles. The molecule has 7 nitrogen and oxygen atoms in total. The highest BCUT2D eigenvalue weighted by molar-refractivity contribution is 6.04. The van der Waals surface area contributed by atoms with Crippen LogP contribution in [0.4, 0.5) is 11.4 Å². The molecule has 0 aliphatic carbocycles. The van der Waals surface area contributed by atoms with Gasteiger partial charge in [-0.25, -0.2) is 0 Å². The van der Waals surface area contributed by atoms with Crippen LogP contribution in [0, 0.1) is 24.0 Å². The smallest absolute Gasteiger partial charge is 0.269 e. The minimum atomic E-state index is -0.493. The van der Waals surface area contributed by atoms with Gasteiger partial charge in [0.25, 0.3) is 17.2 Å². The maximum absolute atomic E-state index is 12.7. The van der Waals surface area contributed by atoms with Crippen LogP contribution >= 0.6 is 0 Å². The average molecular weight is 377 g/mol. The van der Waals surface area contributed by atoms with Crippen LogP contribution in [0.2, 0.25) is 0 Å². The predicted molar refractivity (Wildman–Crippen MR) is 107 cm³/mol. The largest absolute Gasteiger partial charge is 0.322 e. The van der Waals surface area contributed by atoms with Gasteiger partial charge in [0.05, 0.1) is 11.5 Å². The van der Waals surface area contributed by atoms with Crippen LogP contribution < -0.4 is 10.9 Å². The molecule has 0 bridgehead atoms. The molecule has 0 fully saturated rings. The molecule has 3 aromatic rings. The first-order valence-electron chi connectivity index (χ1n) is 8.66. The van der Waals surface area contributed by atoms with E-state index in [4.69, 9.17) is 0 Å². The minimum Gasteiger partial charge on any atom is -0.322 e.